The number of rotatable bonds is 6. The smallest absolute Gasteiger partial charge is 0.321 e. The van der Waals surface area contributed by atoms with Gasteiger partial charge in [0.15, 0.2) is 0 Å². The van der Waals surface area contributed by atoms with Gasteiger partial charge in [-0.2, -0.15) is 17.4 Å². The van der Waals surface area contributed by atoms with Crippen LogP contribution in [0, 0.1) is 5.92 Å². The lowest BCUT2D eigenvalue weighted by molar-refractivity contribution is -0.146. The first kappa shape index (κ1) is 16.9. The maximum Gasteiger partial charge on any atom is 0.321 e. The highest BCUT2D eigenvalue weighted by atomic mass is 32.2. The van der Waals surface area contributed by atoms with Crippen molar-refractivity contribution in [3.8, 4) is 0 Å². The Kier molecular flexibility index (Phi) is 6.37. The van der Waals surface area contributed by atoms with Crippen LogP contribution >= 0.6 is 0 Å². The first-order valence-electron chi connectivity index (χ1n) is 6.39. The minimum absolute atomic E-state index is 0.199. The second-order valence-corrected chi connectivity index (χ2v) is 6.08. The van der Waals surface area contributed by atoms with E-state index in [2.05, 4.69) is 14.2 Å². The van der Waals surface area contributed by atoms with Crippen LogP contribution < -0.4 is 4.72 Å². The van der Waals surface area contributed by atoms with Crippen LogP contribution in [0.25, 0.3) is 0 Å². The molecule has 0 saturated carbocycles. The summed E-state index contributed by atoms with van der Waals surface area (Å²) in [6.45, 7) is 1.89. The van der Waals surface area contributed by atoms with E-state index in [1.807, 2.05) is 0 Å². The third-order valence-corrected chi connectivity index (χ3v) is 4.59. The van der Waals surface area contributed by atoms with E-state index in [9.17, 15) is 18.0 Å². The Balaban J connectivity index is 2.46. The predicted octanol–water partition coefficient (Wildman–Crippen LogP) is -0.731. The van der Waals surface area contributed by atoms with Gasteiger partial charge in [0.2, 0.25) is 0 Å². The molecule has 0 aromatic heterocycles. The fraction of sp³-hybridized carbons (Fsp3) is 0.818. The molecule has 0 aromatic carbocycles. The molecular weight excluding hydrogens is 288 g/mol. The van der Waals surface area contributed by atoms with Crippen LogP contribution in [0.1, 0.15) is 19.8 Å². The summed E-state index contributed by atoms with van der Waals surface area (Å²) in [7, 11) is -2.41. The number of nitrogens with zero attached hydrogens (tertiary/aromatic N) is 1. The average Bonchev–Trinajstić information content (AvgIpc) is 2.45. The lowest BCUT2D eigenvalue weighted by Crippen LogP contribution is -2.47. The molecule has 1 rings (SSSR count). The van der Waals surface area contributed by atoms with Crippen LogP contribution in [0.2, 0.25) is 0 Å². The molecule has 0 amide bonds. The molecule has 1 aliphatic heterocycles. The minimum Gasteiger partial charge on any atom is -0.469 e. The van der Waals surface area contributed by atoms with E-state index in [1.54, 1.807) is 6.92 Å². The zero-order valence-electron chi connectivity index (χ0n) is 11.6. The van der Waals surface area contributed by atoms with Crippen molar-refractivity contribution in [2.45, 2.75) is 19.8 Å². The van der Waals surface area contributed by atoms with Crippen LogP contribution in [0.15, 0.2) is 0 Å². The van der Waals surface area contributed by atoms with E-state index < -0.39 is 22.7 Å². The molecule has 0 bridgehead atoms. The molecule has 1 heterocycles. The SMILES string of the molecule is CCOC(=O)CNS(=O)(=O)N1CCC(C(=O)OC)CC1. The Morgan fingerprint density at radius 1 is 1.30 bits per heavy atom. The summed E-state index contributed by atoms with van der Waals surface area (Å²) in [5, 5.41) is 0. The van der Waals surface area contributed by atoms with E-state index >= 15 is 0 Å². The van der Waals surface area contributed by atoms with Crippen LogP contribution in [0.3, 0.4) is 0 Å². The summed E-state index contributed by atoms with van der Waals surface area (Å²) in [6.07, 6.45) is 0.819. The Hall–Kier alpha value is -1.19. The number of carbonyl (C=O) groups is 2. The molecule has 1 fully saturated rings. The molecule has 20 heavy (non-hydrogen) atoms. The van der Waals surface area contributed by atoms with Crippen molar-refractivity contribution < 1.29 is 27.5 Å². The molecule has 0 atom stereocenters. The molecular formula is C11H20N2O6S. The lowest BCUT2D eigenvalue weighted by Gasteiger charge is -2.29. The minimum atomic E-state index is -3.72. The average molecular weight is 308 g/mol. The highest BCUT2D eigenvalue weighted by Crippen LogP contribution is 2.19. The highest BCUT2D eigenvalue weighted by molar-refractivity contribution is 7.87. The molecule has 8 nitrogen and oxygen atoms in total. The van der Waals surface area contributed by atoms with Gasteiger partial charge in [-0.25, -0.2) is 0 Å². The number of hydrogen-bond donors (Lipinski definition) is 1. The van der Waals surface area contributed by atoms with E-state index in [4.69, 9.17) is 0 Å². The predicted molar refractivity (Wildman–Crippen MR) is 69.9 cm³/mol. The van der Waals surface area contributed by atoms with Crippen LogP contribution in [-0.2, 0) is 29.3 Å². The van der Waals surface area contributed by atoms with Gasteiger partial charge >= 0.3 is 11.9 Å². The van der Waals surface area contributed by atoms with Crippen molar-refractivity contribution in [1.29, 1.82) is 0 Å². The van der Waals surface area contributed by atoms with E-state index in [0.29, 0.717) is 12.8 Å². The summed E-state index contributed by atoms with van der Waals surface area (Å²) in [4.78, 5) is 22.5. The van der Waals surface area contributed by atoms with E-state index in [1.165, 1.54) is 11.4 Å². The third-order valence-electron chi connectivity index (χ3n) is 3.03. The fourth-order valence-corrected chi connectivity index (χ4v) is 3.13. The first-order valence-corrected chi connectivity index (χ1v) is 7.83. The van der Waals surface area contributed by atoms with Crippen molar-refractivity contribution >= 4 is 22.1 Å². The molecule has 1 N–H and O–H groups in total. The van der Waals surface area contributed by atoms with Crippen molar-refractivity contribution in [2.75, 3.05) is 33.4 Å². The second kappa shape index (κ2) is 7.55. The summed E-state index contributed by atoms with van der Waals surface area (Å²) < 4.78 is 36.5. The molecule has 9 heteroatoms. The molecule has 0 aromatic rings. The largest absolute Gasteiger partial charge is 0.469 e. The Labute approximate surface area is 118 Å². The normalized spacial score (nSPS) is 17.7. The first-order chi connectivity index (χ1) is 9.40. The summed E-state index contributed by atoms with van der Waals surface area (Å²) in [5.41, 5.74) is 0. The third kappa shape index (κ3) is 4.73. The number of ether oxygens (including phenoxy) is 2. The van der Waals surface area contributed by atoms with Gasteiger partial charge in [-0.05, 0) is 19.8 Å². The zero-order valence-corrected chi connectivity index (χ0v) is 12.4. The molecule has 0 aliphatic carbocycles. The van der Waals surface area contributed by atoms with Crippen molar-refractivity contribution in [2.24, 2.45) is 5.92 Å². The standard InChI is InChI=1S/C11H20N2O6S/c1-3-19-10(14)8-12-20(16,17)13-6-4-9(5-7-13)11(15)18-2/h9,12H,3-8H2,1-2H3. The van der Waals surface area contributed by atoms with E-state index in [-0.39, 0.29) is 31.6 Å². The van der Waals surface area contributed by atoms with Gasteiger partial charge in [0.25, 0.3) is 10.2 Å². The zero-order chi connectivity index (χ0) is 15.2. The number of methoxy groups -OCH3 is 1. The maximum absolute atomic E-state index is 11.9. The molecule has 1 saturated heterocycles. The Morgan fingerprint density at radius 3 is 2.40 bits per heavy atom. The van der Waals surface area contributed by atoms with Gasteiger partial charge in [0.1, 0.15) is 6.54 Å². The number of esters is 2. The van der Waals surface area contributed by atoms with Crippen molar-refractivity contribution in [1.82, 2.24) is 9.03 Å². The van der Waals surface area contributed by atoms with Gasteiger partial charge in [-0.3, -0.25) is 9.59 Å². The van der Waals surface area contributed by atoms with Crippen molar-refractivity contribution in [3.05, 3.63) is 0 Å². The van der Waals surface area contributed by atoms with Gasteiger partial charge in [-0.1, -0.05) is 0 Å². The van der Waals surface area contributed by atoms with E-state index in [0.717, 1.165) is 0 Å². The second-order valence-electron chi connectivity index (χ2n) is 4.33. The number of piperidine rings is 1. The molecule has 0 unspecified atom stereocenters. The topological polar surface area (TPSA) is 102 Å². The summed E-state index contributed by atoms with van der Waals surface area (Å²) >= 11 is 0. The molecule has 116 valence electrons. The Morgan fingerprint density at radius 2 is 1.90 bits per heavy atom. The monoisotopic (exact) mass is 308 g/mol. The summed E-state index contributed by atoms with van der Waals surface area (Å²) in [5.74, 6) is -1.21. The number of nitrogens with one attached hydrogen (secondary N) is 1. The molecule has 0 radical (unpaired) electrons. The van der Waals surface area contributed by atoms with Crippen LogP contribution in [0.4, 0.5) is 0 Å². The van der Waals surface area contributed by atoms with Gasteiger partial charge in [0, 0.05) is 13.1 Å². The maximum atomic E-state index is 11.9. The summed E-state index contributed by atoms with van der Waals surface area (Å²) in [6, 6.07) is 0. The number of carbonyl (C=O) groups excluding carboxylic acids is 2. The Bertz CT molecular complexity index is 442. The van der Waals surface area contributed by atoms with Crippen LogP contribution in [-0.4, -0.2) is 58.0 Å². The van der Waals surface area contributed by atoms with Gasteiger partial charge < -0.3 is 9.47 Å². The highest BCUT2D eigenvalue weighted by Gasteiger charge is 2.31. The fourth-order valence-electron chi connectivity index (χ4n) is 1.95. The molecule has 1 aliphatic rings. The molecule has 0 spiro atoms. The lowest BCUT2D eigenvalue weighted by atomic mass is 9.99. The van der Waals surface area contributed by atoms with Gasteiger partial charge in [0.05, 0.1) is 19.6 Å². The number of hydrogen-bond acceptors (Lipinski definition) is 6. The van der Waals surface area contributed by atoms with Gasteiger partial charge in [-0.15, -0.1) is 0 Å². The van der Waals surface area contributed by atoms with Crippen molar-refractivity contribution in [3.63, 3.8) is 0 Å². The quantitative estimate of drug-likeness (QED) is 0.649. The van der Waals surface area contributed by atoms with Crippen LogP contribution in [0.5, 0.6) is 0 Å².